The number of anilines is 1. The van der Waals surface area contributed by atoms with Gasteiger partial charge in [0.25, 0.3) is 5.91 Å². The molecule has 0 aromatic heterocycles. The number of hydrogen-bond acceptors (Lipinski definition) is 2. The van der Waals surface area contributed by atoms with E-state index < -0.39 is 11.9 Å². The van der Waals surface area contributed by atoms with E-state index in [9.17, 15) is 9.18 Å². The Morgan fingerprint density at radius 2 is 1.95 bits per heavy atom. The molecule has 0 radical (unpaired) electrons. The molecular weight excluding hydrogens is 293 g/mol. The average Bonchev–Trinajstić information content (AvgIpc) is 2.46. The van der Waals surface area contributed by atoms with E-state index in [1.807, 2.05) is 0 Å². The molecule has 1 amide bonds. The van der Waals surface area contributed by atoms with E-state index in [0.29, 0.717) is 10.7 Å². The molecule has 110 valence electrons. The first-order valence-electron chi connectivity index (χ1n) is 6.46. The zero-order valence-corrected chi connectivity index (χ0v) is 12.4. The molecular formula is C16H15ClFNO2. The van der Waals surface area contributed by atoms with Crippen LogP contribution in [-0.2, 0) is 4.79 Å². The summed E-state index contributed by atoms with van der Waals surface area (Å²) in [4.78, 5) is 12.1. The molecule has 0 aliphatic rings. The van der Waals surface area contributed by atoms with Gasteiger partial charge >= 0.3 is 0 Å². The van der Waals surface area contributed by atoms with Crippen LogP contribution < -0.4 is 10.1 Å². The average molecular weight is 308 g/mol. The quantitative estimate of drug-likeness (QED) is 0.919. The summed E-state index contributed by atoms with van der Waals surface area (Å²) >= 11 is 6.00. The van der Waals surface area contributed by atoms with Gasteiger partial charge in [-0.15, -0.1) is 0 Å². The summed E-state index contributed by atoms with van der Waals surface area (Å²) in [6, 6.07) is 11.2. The van der Waals surface area contributed by atoms with Crippen molar-refractivity contribution in [3.8, 4) is 5.75 Å². The molecule has 0 bridgehead atoms. The highest BCUT2D eigenvalue weighted by molar-refractivity contribution is 6.31. The zero-order valence-electron chi connectivity index (χ0n) is 11.7. The largest absolute Gasteiger partial charge is 0.478 e. The van der Waals surface area contributed by atoms with Crippen LogP contribution in [0, 0.1) is 12.7 Å². The Hall–Kier alpha value is -2.07. The Labute approximate surface area is 127 Å². The Morgan fingerprint density at radius 3 is 2.67 bits per heavy atom. The fourth-order valence-electron chi connectivity index (χ4n) is 1.76. The monoisotopic (exact) mass is 307 g/mol. The second kappa shape index (κ2) is 6.59. The van der Waals surface area contributed by atoms with Crippen LogP contribution in [0.25, 0.3) is 0 Å². The molecule has 0 saturated carbocycles. The maximum atomic E-state index is 13.5. The predicted molar refractivity (Wildman–Crippen MR) is 81.3 cm³/mol. The van der Waals surface area contributed by atoms with E-state index in [1.165, 1.54) is 12.1 Å². The molecule has 1 atom stereocenters. The Morgan fingerprint density at radius 1 is 1.24 bits per heavy atom. The standard InChI is InChI=1S/C16H15ClFNO2/c1-10-12(17)6-5-8-14(10)19-16(20)11(2)21-15-9-4-3-7-13(15)18/h3-9,11H,1-2H3,(H,19,20). The first-order valence-corrected chi connectivity index (χ1v) is 6.84. The molecule has 5 heteroatoms. The van der Waals surface area contributed by atoms with E-state index in [4.69, 9.17) is 16.3 Å². The van der Waals surface area contributed by atoms with Crippen LogP contribution in [0.4, 0.5) is 10.1 Å². The van der Waals surface area contributed by atoms with Crippen LogP contribution in [0.3, 0.4) is 0 Å². The zero-order chi connectivity index (χ0) is 15.4. The second-order valence-corrected chi connectivity index (χ2v) is 5.00. The summed E-state index contributed by atoms with van der Waals surface area (Å²) in [5.74, 6) is -0.831. The number of amides is 1. The van der Waals surface area contributed by atoms with Crippen LogP contribution in [-0.4, -0.2) is 12.0 Å². The molecule has 0 aliphatic carbocycles. The minimum Gasteiger partial charge on any atom is -0.478 e. The van der Waals surface area contributed by atoms with Gasteiger partial charge in [0, 0.05) is 10.7 Å². The van der Waals surface area contributed by atoms with Gasteiger partial charge in [0.15, 0.2) is 17.7 Å². The van der Waals surface area contributed by atoms with Gasteiger partial charge in [-0.25, -0.2) is 4.39 Å². The minimum atomic E-state index is -0.833. The predicted octanol–water partition coefficient (Wildman–Crippen LogP) is 4.19. The van der Waals surface area contributed by atoms with E-state index in [2.05, 4.69) is 5.32 Å². The van der Waals surface area contributed by atoms with Crippen LogP contribution in [0.15, 0.2) is 42.5 Å². The summed E-state index contributed by atoms with van der Waals surface area (Å²) in [5.41, 5.74) is 1.38. The van der Waals surface area contributed by atoms with Gasteiger partial charge in [-0.05, 0) is 43.7 Å². The van der Waals surface area contributed by atoms with Crippen molar-refractivity contribution < 1.29 is 13.9 Å². The Balaban J connectivity index is 2.06. The molecule has 21 heavy (non-hydrogen) atoms. The highest BCUT2D eigenvalue weighted by atomic mass is 35.5. The lowest BCUT2D eigenvalue weighted by molar-refractivity contribution is -0.122. The van der Waals surface area contributed by atoms with E-state index >= 15 is 0 Å². The first-order chi connectivity index (χ1) is 9.99. The molecule has 0 fully saturated rings. The van der Waals surface area contributed by atoms with Crippen molar-refractivity contribution >= 4 is 23.2 Å². The number of rotatable bonds is 4. The van der Waals surface area contributed by atoms with Crippen molar-refractivity contribution in [1.82, 2.24) is 0 Å². The third-order valence-electron chi connectivity index (χ3n) is 3.04. The van der Waals surface area contributed by atoms with Crippen molar-refractivity contribution in [3.63, 3.8) is 0 Å². The van der Waals surface area contributed by atoms with Crippen LogP contribution in [0.2, 0.25) is 5.02 Å². The third kappa shape index (κ3) is 3.73. The lowest BCUT2D eigenvalue weighted by atomic mass is 10.2. The summed E-state index contributed by atoms with van der Waals surface area (Å²) in [6.45, 7) is 3.36. The second-order valence-electron chi connectivity index (χ2n) is 4.59. The lowest BCUT2D eigenvalue weighted by Gasteiger charge is -2.16. The molecule has 0 heterocycles. The Bertz CT molecular complexity index is 660. The maximum absolute atomic E-state index is 13.5. The van der Waals surface area contributed by atoms with Crippen molar-refractivity contribution in [1.29, 1.82) is 0 Å². The number of ether oxygens (including phenoxy) is 1. The van der Waals surface area contributed by atoms with Gasteiger partial charge in [-0.2, -0.15) is 0 Å². The summed E-state index contributed by atoms with van der Waals surface area (Å²) < 4.78 is 18.8. The van der Waals surface area contributed by atoms with Crippen molar-refractivity contribution in [2.75, 3.05) is 5.32 Å². The highest BCUT2D eigenvalue weighted by Crippen LogP contribution is 2.23. The molecule has 1 unspecified atom stereocenters. The van der Waals surface area contributed by atoms with E-state index in [1.54, 1.807) is 44.2 Å². The molecule has 0 saturated heterocycles. The van der Waals surface area contributed by atoms with Gasteiger partial charge in [-0.3, -0.25) is 4.79 Å². The van der Waals surface area contributed by atoms with Crippen LogP contribution in [0.1, 0.15) is 12.5 Å². The topological polar surface area (TPSA) is 38.3 Å². The normalized spacial score (nSPS) is 11.8. The number of hydrogen-bond donors (Lipinski definition) is 1. The number of benzene rings is 2. The Kier molecular flexibility index (Phi) is 4.81. The van der Waals surface area contributed by atoms with E-state index in [0.717, 1.165) is 5.56 Å². The summed E-state index contributed by atoms with van der Waals surface area (Å²) in [6.07, 6.45) is -0.833. The first kappa shape index (κ1) is 15.3. The fourth-order valence-corrected chi connectivity index (χ4v) is 1.94. The van der Waals surface area contributed by atoms with Gasteiger partial charge in [-0.1, -0.05) is 29.8 Å². The molecule has 2 aromatic carbocycles. The van der Waals surface area contributed by atoms with Crippen molar-refractivity contribution in [2.24, 2.45) is 0 Å². The van der Waals surface area contributed by atoms with Gasteiger partial charge in [0.05, 0.1) is 0 Å². The smallest absolute Gasteiger partial charge is 0.265 e. The lowest BCUT2D eigenvalue weighted by Crippen LogP contribution is -2.30. The molecule has 0 aliphatic heterocycles. The number of para-hydroxylation sites is 1. The summed E-state index contributed by atoms with van der Waals surface area (Å²) in [7, 11) is 0. The fraction of sp³-hybridized carbons (Fsp3) is 0.188. The van der Waals surface area contributed by atoms with Crippen LogP contribution >= 0.6 is 11.6 Å². The third-order valence-corrected chi connectivity index (χ3v) is 3.44. The summed E-state index contributed by atoms with van der Waals surface area (Å²) in [5, 5.41) is 3.28. The molecule has 3 nitrogen and oxygen atoms in total. The van der Waals surface area contributed by atoms with Crippen molar-refractivity contribution in [2.45, 2.75) is 20.0 Å². The molecule has 2 rings (SSSR count). The molecule has 1 N–H and O–H groups in total. The number of carbonyl (C=O) groups is 1. The van der Waals surface area contributed by atoms with Crippen LogP contribution in [0.5, 0.6) is 5.75 Å². The SMILES string of the molecule is Cc1c(Cl)cccc1NC(=O)C(C)Oc1ccccc1F. The highest BCUT2D eigenvalue weighted by Gasteiger charge is 2.17. The molecule has 0 spiro atoms. The van der Waals surface area contributed by atoms with Gasteiger partial charge in [0.1, 0.15) is 0 Å². The molecule has 2 aromatic rings. The maximum Gasteiger partial charge on any atom is 0.265 e. The minimum absolute atomic E-state index is 0.0444. The number of carbonyl (C=O) groups excluding carboxylic acids is 1. The van der Waals surface area contributed by atoms with Gasteiger partial charge in [0.2, 0.25) is 0 Å². The van der Waals surface area contributed by atoms with Crippen molar-refractivity contribution in [3.05, 3.63) is 58.9 Å². The van der Waals surface area contributed by atoms with E-state index in [-0.39, 0.29) is 11.7 Å². The number of nitrogens with one attached hydrogen (secondary N) is 1. The van der Waals surface area contributed by atoms with Gasteiger partial charge < -0.3 is 10.1 Å². The number of halogens is 2.